The van der Waals surface area contributed by atoms with Gasteiger partial charge in [-0.05, 0) is 38.3 Å². The van der Waals surface area contributed by atoms with Gasteiger partial charge in [0, 0.05) is 23.5 Å². The van der Waals surface area contributed by atoms with Crippen molar-refractivity contribution in [1.29, 1.82) is 5.41 Å². The van der Waals surface area contributed by atoms with E-state index in [0.29, 0.717) is 11.8 Å². The minimum atomic E-state index is 0.275. The molecular weight excluding hydrogens is 198 g/mol. The van der Waals surface area contributed by atoms with Crippen LogP contribution in [0, 0.1) is 11.3 Å². The smallest absolute Gasteiger partial charge is 0.135 e. The molecule has 0 spiro atoms. The fourth-order valence-electron chi connectivity index (χ4n) is 1.48. The van der Waals surface area contributed by atoms with Gasteiger partial charge in [0.15, 0.2) is 0 Å². The number of anilines is 1. The number of nitrogens with zero attached hydrogens (tertiary/aromatic N) is 1. The molecular formula is C13H21N3. The molecule has 1 aromatic rings. The minimum absolute atomic E-state index is 0.275. The van der Waals surface area contributed by atoms with Gasteiger partial charge >= 0.3 is 0 Å². The Morgan fingerprint density at radius 3 is 2.69 bits per heavy atom. The second-order valence-corrected chi connectivity index (χ2v) is 4.42. The van der Waals surface area contributed by atoms with Crippen molar-refractivity contribution < 1.29 is 0 Å². The van der Waals surface area contributed by atoms with Crippen LogP contribution < -0.4 is 5.32 Å². The monoisotopic (exact) mass is 219 g/mol. The van der Waals surface area contributed by atoms with E-state index in [4.69, 9.17) is 5.41 Å². The molecule has 0 saturated heterocycles. The van der Waals surface area contributed by atoms with E-state index in [0.717, 1.165) is 17.8 Å². The second kappa shape index (κ2) is 5.64. The molecule has 3 heteroatoms. The number of hydrogen-bond acceptors (Lipinski definition) is 3. The maximum Gasteiger partial charge on any atom is 0.135 e. The molecule has 1 atom stereocenters. The lowest BCUT2D eigenvalue weighted by Gasteiger charge is -2.16. The fourth-order valence-corrected chi connectivity index (χ4v) is 1.48. The van der Waals surface area contributed by atoms with Gasteiger partial charge < -0.3 is 10.7 Å². The van der Waals surface area contributed by atoms with Gasteiger partial charge in [0.25, 0.3) is 0 Å². The summed E-state index contributed by atoms with van der Waals surface area (Å²) in [6, 6.07) is 4.18. The first-order valence-electron chi connectivity index (χ1n) is 5.86. The van der Waals surface area contributed by atoms with Crippen LogP contribution in [0.5, 0.6) is 0 Å². The lowest BCUT2D eigenvalue weighted by Crippen LogP contribution is -2.17. The van der Waals surface area contributed by atoms with Gasteiger partial charge in [0.05, 0.1) is 0 Å². The van der Waals surface area contributed by atoms with Gasteiger partial charge in [-0.25, -0.2) is 4.98 Å². The zero-order chi connectivity index (χ0) is 12.1. The van der Waals surface area contributed by atoms with Gasteiger partial charge in [-0.1, -0.05) is 13.8 Å². The lowest BCUT2D eigenvalue weighted by molar-refractivity contribution is 0.735. The van der Waals surface area contributed by atoms with Crippen molar-refractivity contribution in [2.45, 2.75) is 40.2 Å². The predicted molar refractivity (Wildman–Crippen MR) is 69.3 cm³/mol. The molecule has 2 N–H and O–H groups in total. The summed E-state index contributed by atoms with van der Waals surface area (Å²) < 4.78 is 0. The quantitative estimate of drug-likeness (QED) is 0.746. The Kier molecular flexibility index (Phi) is 4.47. The standard InChI is InChI=1S/C13H21N3/c1-5-10(4)12(14)11-7-6-8-15-13(11)16-9(2)3/h6-10,14H,5H2,1-4H3,(H,15,16). The molecule has 0 aliphatic carbocycles. The largest absolute Gasteiger partial charge is 0.367 e. The average Bonchev–Trinajstić information content (AvgIpc) is 2.27. The summed E-state index contributed by atoms with van der Waals surface area (Å²) >= 11 is 0. The first-order chi connectivity index (χ1) is 7.56. The Balaban J connectivity index is 2.98. The van der Waals surface area contributed by atoms with Crippen LogP contribution in [0.2, 0.25) is 0 Å². The van der Waals surface area contributed by atoms with Crippen LogP contribution >= 0.6 is 0 Å². The number of hydrogen-bond donors (Lipinski definition) is 2. The first kappa shape index (κ1) is 12.7. The van der Waals surface area contributed by atoms with Crippen molar-refractivity contribution in [2.24, 2.45) is 5.92 Å². The van der Waals surface area contributed by atoms with E-state index >= 15 is 0 Å². The molecule has 0 fully saturated rings. The second-order valence-electron chi connectivity index (χ2n) is 4.42. The molecule has 0 radical (unpaired) electrons. The zero-order valence-electron chi connectivity index (χ0n) is 10.5. The van der Waals surface area contributed by atoms with Gasteiger partial charge in [0.2, 0.25) is 0 Å². The minimum Gasteiger partial charge on any atom is -0.367 e. The maximum absolute atomic E-state index is 8.14. The highest BCUT2D eigenvalue weighted by molar-refractivity contribution is 6.03. The third kappa shape index (κ3) is 3.05. The molecule has 1 aromatic heterocycles. The highest BCUT2D eigenvalue weighted by Crippen LogP contribution is 2.18. The van der Waals surface area contributed by atoms with E-state index in [1.807, 2.05) is 12.1 Å². The number of rotatable bonds is 5. The molecule has 0 amide bonds. The highest BCUT2D eigenvalue weighted by atomic mass is 15.0. The summed E-state index contributed by atoms with van der Waals surface area (Å²) in [6.07, 6.45) is 2.74. The highest BCUT2D eigenvalue weighted by Gasteiger charge is 2.14. The van der Waals surface area contributed by atoms with Crippen LogP contribution in [0.25, 0.3) is 0 Å². The lowest BCUT2D eigenvalue weighted by atomic mass is 9.96. The first-order valence-corrected chi connectivity index (χ1v) is 5.86. The maximum atomic E-state index is 8.14. The van der Waals surface area contributed by atoms with Crippen LogP contribution in [0.15, 0.2) is 18.3 Å². The molecule has 1 rings (SSSR count). The van der Waals surface area contributed by atoms with Crippen LogP contribution in [-0.4, -0.2) is 16.7 Å². The third-order valence-corrected chi connectivity index (χ3v) is 2.63. The van der Waals surface area contributed by atoms with Gasteiger partial charge in [-0.2, -0.15) is 0 Å². The third-order valence-electron chi connectivity index (χ3n) is 2.63. The molecule has 1 heterocycles. The Labute approximate surface area is 97.8 Å². The van der Waals surface area contributed by atoms with Crippen molar-refractivity contribution in [2.75, 3.05) is 5.32 Å². The van der Waals surface area contributed by atoms with Crippen LogP contribution in [0.4, 0.5) is 5.82 Å². The van der Waals surface area contributed by atoms with Crippen molar-refractivity contribution in [3.63, 3.8) is 0 Å². The summed E-state index contributed by atoms with van der Waals surface area (Å²) in [4.78, 5) is 4.30. The van der Waals surface area contributed by atoms with Crippen molar-refractivity contribution in [3.05, 3.63) is 23.9 Å². The summed E-state index contributed by atoms with van der Waals surface area (Å²) in [5, 5.41) is 11.4. The number of nitrogens with one attached hydrogen (secondary N) is 2. The topological polar surface area (TPSA) is 48.8 Å². The van der Waals surface area contributed by atoms with Crippen LogP contribution in [0.1, 0.15) is 39.7 Å². The van der Waals surface area contributed by atoms with Crippen LogP contribution in [0.3, 0.4) is 0 Å². The Morgan fingerprint density at radius 1 is 1.44 bits per heavy atom. The van der Waals surface area contributed by atoms with Crippen LogP contribution in [-0.2, 0) is 0 Å². The zero-order valence-corrected chi connectivity index (χ0v) is 10.5. The molecule has 3 nitrogen and oxygen atoms in total. The van der Waals surface area contributed by atoms with Gasteiger partial charge in [-0.3, -0.25) is 0 Å². The number of pyridine rings is 1. The van der Waals surface area contributed by atoms with E-state index in [9.17, 15) is 0 Å². The summed E-state index contributed by atoms with van der Waals surface area (Å²) in [7, 11) is 0. The molecule has 0 saturated carbocycles. The molecule has 0 aliphatic rings. The molecule has 88 valence electrons. The van der Waals surface area contributed by atoms with Crippen molar-refractivity contribution in [3.8, 4) is 0 Å². The van der Waals surface area contributed by atoms with E-state index in [2.05, 4.69) is 38.0 Å². The van der Waals surface area contributed by atoms with E-state index in [-0.39, 0.29) is 5.92 Å². The fraction of sp³-hybridized carbons (Fsp3) is 0.538. The average molecular weight is 219 g/mol. The van der Waals surface area contributed by atoms with E-state index in [1.54, 1.807) is 6.20 Å². The summed E-state index contributed by atoms with van der Waals surface area (Å²) in [5.74, 6) is 1.10. The number of aromatic nitrogens is 1. The Bertz CT molecular complexity index is 358. The molecule has 0 bridgehead atoms. The van der Waals surface area contributed by atoms with E-state index < -0.39 is 0 Å². The van der Waals surface area contributed by atoms with E-state index in [1.165, 1.54) is 0 Å². The predicted octanol–water partition coefficient (Wildman–Crippen LogP) is 3.32. The normalized spacial score (nSPS) is 12.6. The van der Waals surface area contributed by atoms with Crippen molar-refractivity contribution >= 4 is 11.5 Å². The van der Waals surface area contributed by atoms with Gasteiger partial charge in [-0.15, -0.1) is 0 Å². The summed E-state index contributed by atoms with van der Waals surface area (Å²) in [5.41, 5.74) is 1.59. The van der Waals surface area contributed by atoms with Crippen molar-refractivity contribution in [1.82, 2.24) is 4.98 Å². The Morgan fingerprint density at radius 2 is 2.12 bits per heavy atom. The molecule has 0 aromatic carbocycles. The Hall–Kier alpha value is -1.38. The molecule has 0 aliphatic heterocycles. The van der Waals surface area contributed by atoms with Gasteiger partial charge in [0.1, 0.15) is 5.82 Å². The summed E-state index contributed by atoms with van der Waals surface area (Å²) in [6.45, 7) is 8.33. The molecule has 16 heavy (non-hydrogen) atoms. The molecule has 1 unspecified atom stereocenters. The SMILES string of the molecule is CCC(C)C(=N)c1cccnc1NC(C)C.